The standard InChI is InChI=1S/C20H31N3O3/c1-14-10-11-18(26-4)16(12-14)13-23(3)15(2)19(24)22-20(25)21-17-8-6-5-7-9-17/h10-12,15,17H,5-9,13H2,1-4H3,(H2,21,22,24,25)/p+1/t15-/m0/s1. The van der Waals surface area contributed by atoms with Crippen LogP contribution in [0.3, 0.4) is 0 Å². The molecule has 26 heavy (non-hydrogen) atoms. The van der Waals surface area contributed by atoms with Gasteiger partial charge in [0.15, 0.2) is 6.04 Å². The second-order valence-corrected chi connectivity index (χ2v) is 7.36. The Balaban J connectivity index is 1.88. The smallest absolute Gasteiger partial charge is 0.321 e. The van der Waals surface area contributed by atoms with E-state index in [0.29, 0.717) is 6.54 Å². The molecule has 3 N–H and O–H groups in total. The maximum atomic E-state index is 12.4. The molecule has 0 saturated heterocycles. The summed E-state index contributed by atoms with van der Waals surface area (Å²) in [7, 11) is 3.60. The van der Waals surface area contributed by atoms with Crippen LogP contribution in [0.25, 0.3) is 0 Å². The molecule has 0 aliphatic heterocycles. The van der Waals surface area contributed by atoms with Gasteiger partial charge in [-0.25, -0.2) is 4.79 Å². The van der Waals surface area contributed by atoms with Crippen LogP contribution in [0.4, 0.5) is 4.79 Å². The second-order valence-electron chi connectivity index (χ2n) is 7.36. The summed E-state index contributed by atoms with van der Waals surface area (Å²) in [6.07, 6.45) is 5.50. The highest BCUT2D eigenvalue weighted by atomic mass is 16.5. The number of hydrogen-bond donors (Lipinski definition) is 3. The molecule has 1 saturated carbocycles. The lowest BCUT2D eigenvalue weighted by Gasteiger charge is -2.24. The molecule has 1 aromatic carbocycles. The van der Waals surface area contributed by atoms with Crippen molar-refractivity contribution < 1.29 is 19.2 Å². The third-order valence-corrected chi connectivity index (χ3v) is 5.21. The van der Waals surface area contributed by atoms with Gasteiger partial charge in [-0.2, -0.15) is 0 Å². The van der Waals surface area contributed by atoms with Gasteiger partial charge in [-0.1, -0.05) is 30.9 Å². The van der Waals surface area contributed by atoms with E-state index in [4.69, 9.17) is 4.74 Å². The van der Waals surface area contributed by atoms with Crippen LogP contribution in [0.2, 0.25) is 0 Å². The number of aryl methyl sites for hydroxylation is 1. The number of likely N-dealkylation sites (N-methyl/N-ethyl adjacent to an activating group) is 1. The van der Waals surface area contributed by atoms with Crippen molar-refractivity contribution in [1.29, 1.82) is 0 Å². The lowest BCUT2D eigenvalue weighted by Crippen LogP contribution is -3.12. The highest BCUT2D eigenvalue weighted by Crippen LogP contribution is 2.19. The number of nitrogens with one attached hydrogen (secondary N) is 3. The molecule has 0 aromatic heterocycles. The number of imide groups is 1. The van der Waals surface area contributed by atoms with Gasteiger partial charge in [0.2, 0.25) is 0 Å². The first-order valence-corrected chi connectivity index (χ1v) is 9.48. The zero-order chi connectivity index (χ0) is 19.1. The Morgan fingerprint density at radius 3 is 2.62 bits per heavy atom. The third kappa shape index (κ3) is 5.73. The first-order chi connectivity index (χ1) is 12.4. The van der Waals surface area contributed by atoms with Gasteiger partial charge in [0, 0.05) is 11.6 Å². The van der Waals surface area contributed by atoms with Crippen LogP contribution in [-0.4, -0.2) is 38.2 Å². The molecule has 1 unspecified atom stereocenters. The molecule has 2 rings (SSSR count). The normalized spacial score (nSPS) is 17.2. The molecule has 6 nitrogen and oxygen atoms in total. The van der Waals surface area contributed by atoms with E-state index < -0.39 is 0 Å². The SMILES string of the molecule is COc1ccc(C)cc1C[NH+](C)[C@@H](C)C(=O)NC(=O)NC1CCCCC1. The first-order valence-electron chi connectivity index (χ1n) is 9.48. The van der Waals surface area contributed by atoms with E-state index in [1.165, 1.54) is 6.42 Å². The largest absolute Gasteiger partial charge is 0.496 e. The number of quaternary nitrogens is 1. The van der Waals surface area contributed by atoms with Gasteiger partial charge >= 0.3 is 6.03 Å². The minimum absolute atomic E-state index is 0.188. The molecule has 144 valence electrons. The van der Waals surface area contributed by atoms with E-state index >= 15 is 0 Å². The van der Waals surface area contributed by atoms with E-state index in [2.05, 4.69) is 16.7 Å². The van der Waals surface area contributed by atoms with Gasteiger partial charge in [-0.3, -0.25) is 10.1 Å². The quantitative estimate of drug-likeness (QED) is 0.719. The molecule has 1 aliphatic rings. The molecule has 1 aromatic rings. The van der Waals surface area contributed by atoms with Crippen LogP contribution >= 0.6 is 0 Å². The van der Waals surface area contributed by atoms with Gasteiger partial charge in [-0.05, 0) is 38.8 Å². The van der Waals surface area contributed by atoms with Crippen molar-refractivity contribution in [2.24, 2.45) is 0 Å². The summed E-state index contributed by atoms with van der Waals surface area (Å²) in [6, 6.07) is 5.48. The van der Waals surface area contributed by atoms with Crippen LogP contribution in [0, 0.1) is 6.92 Å². The molecule has 0 radical (unpaired) electrons. The van der Waals surface area contributed by atoms with Crippen molar-refractivity contribution in [2.75, 3.05) is 14.2 Å². The molecule has 0 spiro atoms. The fourth-order valence-electron chi connectivity index (χ4n) is 3.41. The zero-order valence-corrected chi connectivity index (χ0v) is 16.4. The molecule has 1 aliphatic carbocycles. The average Bonchev–Trinajstić information content (AvgIpc) is 2.61. The van der Waals surface area contributed by atoms with Crippen LogP contribution in [0.15, 0.2) is 18.2 Å². The fourth-order valence-corrected chi connectivity index (χ4v) is 3.41. The van der Waals surface area contributed by atoms with Gasteiger partial charge in [0.25, 0.3) is 5.91 Å². The molecule has 1 fully saturated rings. The fraction of sp³-hybridized carbons (Fsp3) is 0.600. The molecule has 2 atom stereocenters. The van der Waals surface area contributed by atoms with Crippen molar-refractivity contribution >= 4 is 11.9 Å². The maximum absolute atomic E-state index is 12.4. The third-order valence-electron chi connectivity index (χ3n) is 5.21. The average molecular weight is 362 g/mol. The Kier molecular flexibility index (Phi) is 7.45. The van der Waals surface area contributed by atoms with E-state index in [-0.39, 0.29) is 24.0 Å². The molecule has 6 heteroatoms. The molecule has 0 heterocycles. The van der Waals surface area contributed by atoms with E-state index in [1.54, 1.807) is 7.11 Å². The predicted molar refractivity (Wildman–Crippen MR) is 101 cm³/mol. The number of benzene rings is 1. The number of methoxy groups -OCH3 is 1. The van der Waals surface area contributed by atoms with Crippen molar-refractivity contribution in [1.82, 2.24) is 10.6 Å². The summed E-state index contributed by atoms with van der Waals surface area (Å²) in [6.45, 7) is 4.51. The summed E-state index contributed by atoms with van der Waals surface area (Å²) in [4.78, 5) is 25.5. The van der Waals surface area contributed by atoms with Crippen molar-refractivity contribution in [3.05, 3.63) is 29.3 Å². The Morgan fingerprint density at radius 1 is 1.27 bits per heavy atom. The predicted octanol–water partition coefficient (Wildman–Crippen LogP) is 1.57. The summed E-state index contributed by atoms with van der Waals surface area (Å²) in [5.41, 5.74) is 2.20. The van der Waals surface area contributed by atoms with Crippen molar-refractivity contribution in [2.45, 2.75) is 64.6 Å². The van der Waals surface area contributed by atoms with Crippen molar-refractivity contribution in [3.8, 4) is 5.75 Å². The number of hydrogen-bond acceptors (Lipinski definition) is 3. The number of ether oxygens (including phenoxy) is 1. The molecular weight excluding hydrogens is 330 g/mol. The first kappa shape index (κ1) is 20.2. The van der Waals surface area contributed by atoms with Crippen LogP contribution < -0.4 is 20.3 Å². The van der Waals surface area contributed by atoms with Crippen LogP contribution in [0.5, 0.6) is 5.75 Å². The zero-order valence-electron chi connectivity index (χ0n) is 16.4. The van der Waals surface area contributed by atoms with Gasteiger partial charge < -0.3 is 15.0 Å². The van der Waals surface area contributed by atoms with E-state index in [1.807, 2.05) is 33.0 Å². The van der Waals surface area contributed by atoms with E-state index in [9.17, 15) is 9.59 Å². The number of carbonyl (C=O) groups excluding carboxylic acids is 2. The van der Waals surface area contributed by atoms with Gasteiger partial charge in [0.1, 0.15) is 12.3 Å². The number of carbonyl (C=O) groups is 2. The highest BCUT2D eigenvalue weighted by molar-refractivity contribution is 5.96. The minimum Gasteiger partial charge on any atom is -0.496 e. The summed E-state index contributed by atoms with van der Waals surface area (Å²) < 4.78 is 5.41. The maximum Gasteiger partial charge on any atom is 0.321 e. The number of amides is 3. The monoisotopic (exact) mass is 362 g/mol. The second kappa shape index (κ2) is 9.57. The number of rotatable bonds is 6. The summed E-state index contributed by atoms with van der Waals surface area (Å²) in [5, 5.41) is 5.41. The topological polar surface area (TPSA) is 71.9 Å². The Hall–Kier alpha value is -2.08. The van der Waals surface area contributed by atoms with Crippen LogP contribution in [0.1, 0.15) is 50.2 Å². The van der Waals surface area contributed by atoms with E-state index in [0.717, 1.165) is 47.5 Å². The Bertz CT molecular complexity index is 627. The van der Waals surface area contributed by atoms with Gasteiger partial charge in [-0.15, -0.1) is 0 Å². The molecule has 3 amide bonds. The lowest BCUT2D eigenvalue weighted by molar-refractivity contribution is -0.908. The molecule has 0 bridgehead atoms. The van der Waals surface area contributed by atoms with Crippen LogP contribution in [-0.2, 0) is 11.3 Å². The summed E-state index contributed by atoms with van der Waals surface area (Å²) >= 11 is 0. The minimum atomic E-state index is -0.380. The molecular formula is C20H32N3O3+. The Labute approximate surface area is 156 Å². The number of urea groups is 1. The lowest BCUT2D eigenvalue weighted by atomic mass is 9.96. The Morgan fingerprint density at radius 2 is 1.96 bits per heavy atom. The highest BCUT2D eigenvalue weighted by Gasteiger charge is 2.25. The summed E-state index contributed by atoms with van der Waals surface area (Å²) in [5.74, 6) is 0.556. The van der Waals surface area contributed by atoms with Gasteiger partial charge in [0.05, 0.1) is 14.2 Å². The van der Waals surface area contributed by atoms with Crippen molar-refractivity contribution in [3.63, 3.8) is 0 Å².